The van der Waals surface area contributed by atoms with E-state index in [0.29, 0.717) is 16.9 Å². The zero-order chi connectivity index (χ0) is 25.2. The molecule has 1 saturated carbocycles. The van der Waals surface area contributed by atoms with Crippen LogP contribution in [0.1, 0.15) is 56.9 Å². The number of nitrogens with zero attached hydrogens (tertiary/aromatic N) is 1. The van der Waals surface area contributed by atoms with Crippen molar-refractivity contribution in [2.75, 3.05) is 31.5 Å². The van der Waals surface area contributed by atoms with Gasteiger partial charge in [0.2, 0.25) is 0 Å². The van der Waals surface area contributed by atoms with Crippen LogP contribution >= 0.6 is 0 Å². The number of carbonyl (C=O) groups excluding carboxylic acids is 2. The Morgan fingerprint density at radius 1 is 0.917 bits per heavy atom. The van der Waals surface area contributed by atoms with Crippen molar-refractivity contribution in [3.63, 3.8) is 0 Å². The second-order valence-corrected chi connectivity index (χ2v) is 10.9. The third kappa shape index (κ3) is 4.90. The summed E-state index contributed by atoms with van der Waals surface area (Å²) in [5, 5.41) is 2.43. The molecule has 0 aromatic heterocycles. The van der Waals surface area contributed by atoms with Crippen LogP contribution in [-0.2, 0) is 19.7 Å². The van der Waals surface area contributed by atoms with Gasteiger partial charge in [0.1, 0.15) is 23.9 Å². The number of halogens is 2. The van der Waals surface area contributed by atoms with Gasteiger partial charge in [0.15, 0.2) is 12.6 Å². The summed E-state index contributed by atoms with van der Waals surface area (Å²) >= 11 is 0. The fourth-order valence-corrected chi connectivity index (χ4v) is 6.63. The highest BCUT2D eigenvalue weighted by Gasteiger charge is 2.51. The zero-order valence-electron chi connectivity index (χ0n) is 20.7. The van der Waals surface area contributed by atoms with Crippen LogP contribution in [0.25, 0.3) is 0 Å². The van der Waals surface area contributed by atoms with Gasteiger partial charge in [-0.1, -0.05) is 62.1 Å². The summed E-state index contributed by atoms with van der Waals surface area (Å²) in [6.07, 6.45) is 7.36. The molecule has 6 rings (SSSR count). The van der Waals surface area contributed by atoms with E-state index in [9.17, 15) is 18.4 Å². The summed E-state index contributed by atoms with van der Waals surface area (Å²) in [6.45, 7) is 2.28. The lowest BCUT2D eigenvalue weighted by Crippen LogP contribution is -2.66. The van der Waals surface area contributed by atoms with Crippen LogP contribution in [0.3, 0.4) is 0 Å². The number of amides is 1. The number of esters is 1. The van der Waals surface area contributed by atoms with E-state index in [0.717, 1.165) is 82.2 Å². The predicted octanol–water partition coefficient (Wildman–Crippen LogP) is 5.35. The lowest BCUT2D eigenvalue weighted by atomic mass is 9.74. The van der Waals surface area contributed by atoms with Crippen LogP contribution in [0.4, 0.5) is 14.5 Å². The molecule has 4 aliphatic rings. The molecule has 1 amide bonds. The van der Waals surface area contributed by atoms with Gasteiger partial charge in [-0.25, -0.2) is 8.78 Å². The molecule has 2 aromatic carbocycles. The number of benzene rings is 2. The van der Waals surface area contributed by atoms with E-state index in [1.807, 2.05) is 30.3 Å². The molecule has 1 aliphatic carbocycles. The molecule has 36 heavy (non-hydrogen) atoms. The number of piperidine rings is 3. The van der Waals surface area contributed by atoms with Gasteiger partial charge in [0.05, 0.1) is 18.5 Å². The SMILES string of the molecule is O=C(C[N+]12CCC(CC1)[C@@H](OC(=O)C1(c3ccccc3)CCCCCC1)C2)Nc1c(F)cccc1F. The maximum Gasteiger partial charge on any atom is 0.317 e. The number of para-hydroxylation sites is 1. The van der Waals surface area contributed by atoms with Gasteiger partial charge in [-0.2, -0.15) is 0 Å². The molecule has 0 radical (unpaired) electrons. The lowest BCUT2D eigenvalue weighted by molar-refractivity contribution is -0.939. The molecule has 192 valence electrons. The first-order valence-corrected chi connectivity index (χ1v) is 13.3. The number of hydrogen-bond acceptors (Lipinski definition) is 3. The van der Waals surface area contributed by atoms with Crippen molar-refractivity contribution in [2.45, 2.75) is 62.9 Å². The van der Waals surface area contributed by atoms with E-state index in [4.69, 9.17) is 4.74 Å². The summed E-state index contributed by atoms with van der Waals surface area (Å²) in [6, 6.07) is 13.6. The minimum Gasteiger partial charge on any atom is -0.455 e. The van der Waals surface area contributed by atoms with Gasteiger partial charge in [-0.15, -0.1) is 0 Å². The first kappa shape index (κ1) is 24.9. The summed E-state index contributed by atoms with van der Waals surface area (Å²) in [4.78, 5) is 26.7. The zero-order valence-corrected chi connectivity index (χ0v) is 20.7. The van der Waals surface area contributed by atoms with Gasteiger partial charge < -0.3 is 14.5 Å². The minimum absolute atomic E-state index is 0.109. The van der Waals surface area contributed by atoms with Crippen molar-refractivity contribution in [2.24, 2.45) is 5.92 Å². The van der Waals surface area contributed by atoms with Crippen molar-refractivity contribution in [3.05, 3.63) is 65.7 Å². The van der Waals surface area contributed by atoms with E-state index in [2.05, 4.69) is 5.32 Å². The largest absolute Gasteiger partial charge is 0.455 e. The molecule has 1 atom stereocenters. The third-order valence-corrected chi connectivity index (χ3v) is 8.68. The molecule has 7 heteroatoms. The highest BCUT2D eigenvalue weighted by atomic mass is 19.1. The van der Waals surface area contributed by atoms with Crippen LogP contribution in [0.2, 0.25) is 0 Å². The van der Waals surface area contributed by atoms with E-state index >= 15 is 0 Å². The molecule has 1 N–H and O–H groups in total. The Bertz CT molecular complexity index is 1070. The number of ether oxygens (including phenoxy) is 1. The van der Waals surface area contributed by atoms with Crippen molar-refractivity contribution in [1.29, 1.82) is 0 Å². The number of hydrogen-bond donors (Lipinski definition) is 1. The first-order chi connectivity index (χ1) is 17.4. The molecule has 2 bridgehead atoms. The summed E-state index contributed by atoms with van der Waals surface area (Å²) in [5.41, 5.74) is 0.0102. The second-order valence-electron chi connectivity index (χ2n) is 10.9. The average molecular weight is 498 g/mol. The number of quaternary nitrogens is 1. The average Bonchev–Trinajstić information content (AvgIpc) is 3.15. The van der Waals surface area contributed by atoms with Gasteiger partial charge in [0.25, 0.3) is 5.91 Å². The standard InChI is InChI=1S/C29H34F2N2O3/c30-23-11-8-12-24(31)27(23)32-26(34)20-33-17-13-21(14-18-33)25(19-33)36-28(35)29(15-6-1-2-7-16-29)22-9-4-3-5-10-22/h3-5,8-12,21,25H,1-2,6-7,13-20H2/p+1/t21?,25-,33?/m0/s1. The number of nitrogens with one attached hydrogen (secondary N) is 1. The van der Waals surface area contributed by atoms with E-state index in [-0.39, 0.29) is 18.6 Å². The van der Waals surface area contributed by atoms with Crippen LogP contribution in [0.5, 0.6) is 0 Å². The maximum absolute atomic E-state index is 14.0. The molecular formula is C29H35F2N2O3+. The number of fused-ring (bicyclic) bond motifs is 3. The van der Waals surface area contributed by atoms with Crippen LogP contribution in [-0.4, -0.2) is 48.6 Å². The van der Waals surface area contributed by atoms with Gasteiger partial charge in [0, 0.05) is 18.8 Å². The maximum atomic E-state index is 14.0. The molecule has 5 nitrogen and oxygen atoms in total. The molecule has 0 spiro atoms. The number of carbonyl (C=O) groups is 2. The Morgan fingerprint density at radius 3 is 2.19 bits per heavy atom. The quantitative estimate of drug-likeness (QED) is 0.333. The predicted molar refractivity (Wildman–Crippen MR) is 133 cm³/mol. The van der Waals surface area contributed by atoms with Crippen LogP contribution in [0.15, 0.2) is 48.5 Å². The van der Waals surface area contributed by atoms with Crippen molar-refractivity contribution < 1.29 is 27.6 Å². The highest BCUT2D eigenvalue weighted by Crippen LogP contribution is 2.42. The molecule has 3 heterocycles. The van der Waals surface area contributed by atoms with Crippen molar-refractivity contribution in [3.8, 4) is 0 Å². The number of rotatable bonds is 6. The molecule has 4 fully saturated rings. The summed E-state index contributed by atoms with van der Waals surface area (Å²) < 4.78 is 34.9. The van der Waals surface area contributed by atoms with Crippen molar-refractivity contribution >= 4 is 17.6 Å². The van der Waals surface area contributed by atoms with E-state index in [1.165, 1.54) is 6.07 Å². The number of anilines is 1. The lowest BCUT2D eigenvalue weighted by Gasteiger charge is -2.52. The Morgan fingerprint density at radius 2 is 1.56 bits per heavy atom. The molecule has 3 aliphatic heterocycles. The molecule has 2 aromatic rings. The van der Waals surface area contributed by atoms with E-state index in [1.54, 1.807) is 0 Å². The van der Waals surface area contributed by atoms with Crippen LogP contribution in [0, 0.1) is 17.6 Å². The molecular weight excluding hydrogens is 462 g/mol. The van der Waals surface area contributed by atoms with Gasteiger partial charge in [-0.3, -0.25) is 9.59 Å². The Kier molecular flexibility index (Phi) is 7.11. The van der Waals surface area contributed by atoms with Crippen molar-refractivity contribution in [1.82, 2.24) is 0 Å². The minimum atomic E-state index is -0.790. The Balaban J connectivity index is 1.30. The fourth-order valence-electron chi connectivity index (χ4n) is 6.63. The van der Waals surface area contributed by atoms with Gasteiger partial charge in [-0.05, 0) is 30.5 Å². The summed E-state index contributed by atoms with van der Waals surface area (Å²) in [5.74, 6) is -1.84. The normalized spacial score (nSPS) is 27.2. The summed E-state index contributed by atoms with van der Waals surface area (Å²) in [7, 11) is 0. The monoisotopic (exact) mass is 497 g/mol. The van der Waals surface area contributed by atoms with Crippen LogP contribution < -0.4 is 5.32 Å². The second kappa shape index (κ2) is 10.3. The Labute approximate surface area is 211 Å². The molecule has 3 saturated heterocycles. The first-order valence-electron chi connectivity index (χ1n) is 13.3. The molecule has 0 unspecified atom stereocenters. The highest BCUT2D eigenvalue weighted by molar-refractivity contribution is 5.92. The topological polar surface area (TPSA) is 55.4 Å². The Hall–Kier alpha value is -2.80. The third-order valence-electron chi connectivity index (χ3n) is 8.68. The smallest absolute Gasteiger partial charge is 0.317 e. The fraction of sp³-hybridized carbons (Fsp3) is 0.517. The van der Waals surface area contributed by atoms with Gasteiger partial charge >= 0.3 is 5.97 Å². The van der Waals surface area contributed by atoms with E-state index < -0.39 is 28.6 Å².